The van der Waals surface area contributed by atoms with Crippen molar-refractivity contribution in [2.45, 2.75) is 39.0 Å². The number of para-hydroxylation sites is 2. The van der Waals surface area contributed by atoms with Crippen LogP contribution in [-0.2, 0) is 5.41 Å². The van der Waals surface area contributed by atoms with E-state index >= 15 is 0 Å². The summed E-state index contributed by atoms with van der Waals surface area (Å²) < 4.78 is 2.39. The number of hydrogen-bond acceptors (Lipinski definition) is 1. The molecule has 270 valence electrons. The molecule has 1 heterocycles. The molecular formula is C54H44N2. The minimum atomic E-state index is -0.107. The molecule has 0 fully saturated rings. The highest BCUT2D eigenvalue weighted by Crippen LogP contribution is 2.51. The van der Waals surface area contributed by atoms with Gasteiger partial charge in [-0.1, -0.05) is 155 Å². The predicted octanol–water partition coefficient (Wildman–Crippen LogP) is 15.0. The number of aromatic nitrogens is 1. The zero-order valence-electron chi connectivity index (χ0n) is 32.4. The molecule has 0 radical (unpaired) electrons. The van der Waals surface area contributed by atoms with E-state index < -0.39 is 0 Å². The second-order valence-electron chi connectivity index (χ2n) is 16.0. The monoisotopic (exact) mass is 720 g/mol. The van der Waals surface area contributed by atoms with Crippen molar-refractivity contribution in [2.75, 3.05) is 4.90 Å². The van der Waals surface area contributed by atoms with Crippen LogP contribution in [0.2, 0.25) is 0 Å². The van der Waals surface area contributed by atoms with Crippen molar-refractivity contribution in [1.82, 2.24) is 4.57 Å². The van der Waals surface area contributed by atoms with E-state index in [4.69, 9.17) is 0 Å². The zero-order valence-corrected chi connectivity index (χ0v) is 32.4. The van der Waals surface area contributed by atoms with Gasteiger partial charge in [-0.3, -0.25) is 0 Å². The highest BCUT2D eigenvalue weighted by atomic mass is 15.1. The zero-order chi connectivity index (χ0) is 38.0. The molecule has 0 bridgehead atoms. The third-order valence-electron chi connectivity index (χ3n) is 12.0. The Kier molecular flexibility index (Phi) is 8.04. The molecule has 1 aliphatic rings. The highest BCUT2D eigenvalue weighted by Gasteiger charge is 2.36. The average Bonchev–Trinajstić information content (AvgIpc) is 3.70. The molecule has 10 rings (SSSR count). The van der Waals surface area contributed by atoms with Crippen LogP contribution >= 0.6 is 0 Å². The summed E-state index contributed by atoms with van der Waals surface area (Å²) in [6.07, 6.45) is 0. The number of nitrogens with zero attached hydrogens (tertiary/aromatic N) is 2. The molecule has 0 atom stereocenters. The van der Waals surface area contributed by atoms with E-state index in [1.165, 1.54) is 77.6 Å². The summed E-state index contributed by atoms with van der Waals surface area (Å²) >= 11 is 0. The van der Waals surface area contributed by atoms with Gasteiger partial charge in [-0.15, -0.1) is 0 Å². The predicted molar refractivity (Wildman–Crippen MR) is 238 cm³/mol. The van der Waals surface area contributed by atoms with E-state index in [0.29, 0.717) is 5.92 Å². The lowest BCUT2D eigenvalue weighted by molar-refractivity contribution is 0.660. The van der Waals surface area contributed by atoms with E-state index in [0.717, 1.165) is 17.1 Å². The van der Waals surface area contributed by atoms with Crippen molar-refractivity contribution in [1.29, 1.82) is 0 Å². The Morgan fingerprint density at radius 1 is 0.446 bits per heavy atom. The van der Waals surface area contributed by atoms with Gasteiger partial charge in [-0.2, -0.15) is 0 Å². The fourth-order valence-corrected chi connectivity index (χ4v) is 9.10. The fourth-order valence-electron chi connectivity index (χ4n) is 9.10. The number of anilines is 3. The Bertz CT molecular complexity index is 2840. The van der Waals surface area contributed by atoms with E-state index in [1.807, 2.05) is 0 Å². The largest absolute Gasteiger partial charge is 0.310 e. The lowest BCUT2D eigenvalue weighted by Gasteiger charge is -2.31. The molecule has 0 aliphatic heterocycles. The van der Waals surface area contributed by atoms with E-state index in [-0.39, 0.29) is 5.41 Å². The fraction of sp³-hybridized carbons (Fsp3) is 0.111. The molecule has 0 saturated heterocycles. The quantitative estimate of drug-likeness (QED) is 0.159. The summed E-state index contributed by atoms with van der Waals surface area (Å²) in [5.74, 6) is 0.294. The van der Waals surface area contributed by atoms with Gasteiger partial charge in [0.05, 0.1) is 11.0 Å². The molecule has 2 heteroatoms. The maximum Gasteiger partial charge on any atom is 0.0541 e. The van der Waals surface area contributed by atoms with Crippen LogP contribution in [0.4, 0.5) is 17.1 Å². The Morgan fingerprint density at radius 2 is 0.982 bits per heavy atom. The van der Waals surface area contributed by atoms with Crippen LogP contribution in [-0.4, -0.2) is 4.57 Å². The first-order valence-corrected chi connectivity index (χ1v) is 19.8. The van der Waals surface area contributed by atoms with Gasteiger partial charge in [0.1, 0.15) is 0 Å². The molecule has 0 N–H and O–H groups in total. The summed E-state index contributed by atoms with van der Waals surface area (Å²) in [5.41, 5.74) is 18.6. The second kappa shape index (κ2) is 13.3. The van der Waals surface area contributed by atoms with Crippen LogP contribution in [0.25, 0.3) is 60.9 Å². The van der Waals surface area contributed by atoms with Crippen molar-refractivity contribution in [3.8, 4) is 39.1 Å². The number of rotatable bonds is 7. The second-order valence-corrected chi connectivity index (χ2v) is 16.0. The normalized spacial score (nSPS) is 12.9. The van der Waals surface area contributed by atoms with Gasteiger partial charge in [-0.25, -0.2) is 0 Å². The van der Waals surface area contributed by atoms with Gasteiger partial charge in [0.15, 0.2) is 0 Å². The summed E-state index contributed by atoms with van der Waals surface area (Å²) in [4.78, 5) is 2.48. The molecule has 0 saturated carbocycles. The molecule has 1 aliphatic carbocycles. The minimum absolute atomic E-state index is 0.107. The Labute approximate surface area is 330 Å². The standard InChI is InChI=1S/C54H44N2/c1-36(2)48-34-40(39-24-22-38(23-25-39)37-14-6-5-7-15-37)26-33-53(48)55(43-31-32-45-44-16-8-11-19-49(44)54(3,4)50(45)35-43)41-27-29-42(30-28-41)56-51-20-12-9-17-46(51)47-18-10-13-21-52(47)56/h5-36H,1-4H3. The maximum atomic E-state index is 2.48. The van der Waals surface area contributed by atoms with Crippen molar-refractivity contribution < 1.29 is 0 Å². The van der Waals surface area contributed by atoms with E-state index in [9.17, 15) is 0 Å². The first kappa shape index (κ1) is 33.9. The Balaban J connectivity index is 1.12. The van der Waals surface area contributed by atoms with Crippen molar-refractivity contribution >= 4 is 38.9 Å². The molecule has 0 unspecified atom stereocenters. The molecule has 9 aromatic rings. The summed E-state index contributed by atoms with van der Waals surface area (Å²) in [5, 5.41) is 2.54. The molecular weight excluding hydrogens is 677 g/mol. The minimum Gasteiger partial charge on any atom is -0.310 e. The van der Waals surface area contributed by atoms with Crippen LogP contribution in [0.15, 0.2) is 188 Å². The number of hydrogen-bond donors (Lipinski definition) is 0. The Hall–Kier alpha value is -6.64. The van der Waals surface area contributed by atoms with Crippen LogP contribution in [0, 0.1) is 0 Å². The molecule has 8 aromatic carbocycles. The van der Waals surface area contributed by atoms with Gasteiger partial charge >= 0.3 is 0 Å². The average molecular weight is 721 g/mol. The SMILES string of the molecule is CC(C)c1cc(-c2ccc(-c3ccccc3)cc2)ccc1N(c1ccc(-n2c3ccccc3c3ccccc32)cc1)c1ccc2c(c1)C(C)(C)c1ccccc1-2. The lowest BCUT2D eigenvalue weighted by atomic mass is 9.82. The van der Waals surface area contributed by atoms with Gasteiger partial charge in [0, 0.05) is 38.9 Å². The van der Waals surface area contributed by atoms with Gasteiger partial charge in [0.25, 0.3) is 0 Å². The van der Waals surface area contributed by atoms with Gasteiger partial charge in [-0.05, 0) is 117 Å². The van der Waals surface area contributed by atoms with Crippen LogP contribution in [0.1, 0.15) is 50.3 Å². The lowest BCUT2D eigenvalue weighted by Crippen LogP contribution is -2.17. The summed E-state index contributed by atoms with van der Waals surface area (Å²) in [6.45, 7) is 9.35. The Morgan fingerprint density at radius 3 is 1.66 bits per heavy atom. The first-order valence-electron chi connectivity index (χ1n) is 19.8. The number of fused-ring (bicyclic) bond motifs is 6. The third kappa shape index (κ3) is 5.47. The molecule has 0 amide bonds. The topological polar surface area (TPSA) is 8.17 Å². The van der Waals surface area contributed by atoms with Gasteiger partial charge in [0.2, 0.25) is 0 Å². The number of benzene rings is 8. The van der Waals surface area contributed by atoms with Crippen molar-refractivity contribution in [3.05, 3.63) is 205 Å². The molecule has 2 nitrogen and oxygen atoms in total. The molecule has 1 aromatic heterocycles. The maximum absolute atomic E-state index is 2.48. The van der Waals surface area contributed by atoms with E-state index in [2.05, 4.69) is 225 Å². The molecule has 0 spiro atoms. The highest BCUT2D eigenvalue weighted by molar-refractivity contribution is 6.09. The van der Waals surface area contributed by atoms with Crippen molar-refractivity contribution in [2.24, 2.45) is 0 Å². The van der Waals surface area contributed by atoms with Crippen LogP contribution in [0.5, 0.6) is 0 Å². The van der Waals surface area contributed by atoms with E-state index in [1.54, 1.807) is 0 Å². The van der Waals surface area contributed by atoms with Crippen molar-refractivity contribution in [3.63, 3.8) is 0 Å². The van der Waals surface area contributed by atoms with Crippen LogP contribution in [0.3, 0.4) is 0 Å². The first-order chi connectivity index (χ1) is 27.4. The smallest absolute Gasteiger partial charge is 0.0541 e. The summed E-state index contributed by atoms with van der Waals surface area (Å²) in [7, 11) is 0. The third-order valence-corrected chi connectivity index (χ3v) is 12.0. The summed E-state index contributed by atoms with van der Waals surface area (Å²) in [6, 6.07) is 69.3. The van der Waals surface area contributed by atoms with Crippen LogP contribution < -0.4 is 4.90 Å². The van der Waals surface area contributed by atoms with Gasteiger partial charge < -0.3 is 9.47 Å². The molecule has 56 heavy (non-hydrogen) atoms.